The molecule has 1 aliphatic rings. The van der Waals surface area contributed by atoms with Gasteiger partial charge in [0, 0.05) is 6.61 Å². The van der Waals surface area contributed by atoms with E-state index in [0.29, 0.717) is 13.0 Å². The molecule has 0 aliphatic carbocycles. The number of sulfone groups is 1. The highest BCUT2D eigenvalue weighted by Crippen LogP contribution is 2.23. The fourth-order valence-corrected chi connectivity index (χ4v) is 3.72. The molecule has 7 heteroatoms. The number of benzene rings is 1. The van der Waals surface area contributed by atoms with Crippen LogP contribution in [0.3, 0.4) is 0 Å². The van der Waals surface area contributed by atoms with E-state index in [1.165, 1.54) is 12.1 Å². The maximum Gasteiger partial charge on any atom is 0.337 e. The quantitative estimate of drug-likeness (QED) is 0.901. The van der Waals surface area contributed by atoms with Crippen LogP contribution >= 0.6 is 11.6 Å². The number of hydrogen-bond donors (Lipinski definition) is 1. The molecule has 1 atom stereocenters. The van der Waals surface area contributed by atoms with E-state index in [9.17, 15) is 13.2 Å². The lowest BCUT2D eigenvalue weighted by Gasteiger charge is -2.10. The second-order valence-corrected chi connectivity index (χ2v) is 7.21. The Kier molecular flexibility index (Phi) is 4.67. The van der Waals surface area contributed by atoms with Gasteiger partial charge in [0.2, 0.25) is 0 Å². The van der Waals surface area contributed by atoms with E-state index in [1.54, 1.807) is 0 Å². The summed E-state index contributed by atoms with van der Waals surface area (Å²) in [6.07, 6.45) is 2.23. The summed E-state index contributed by atoms with van der Waals surface area (Å²) in [7, 11) is -3.52. The van der Waals surface area contributed by atoms with Gasteiger partial charge in [0.25, 0.3) is 0 Å². The number of hydrogen-bond acceptors (Lipinski definition) is 4. The standard InChI is InChI=1S/C13H15ClO5S/c14-12-4-3-10(8-11(12)13(15)16)20(17,18)7-5-9-2-1-6-19-9/h3-4,8-9H,1-2,5-7H2,(H,15,16). The van der Waals surface area contributed by atoms with Crippen molar-refractivity contribution in [3.63, 3.8) is 0 Å². The largest absolute Gasteiger partial charge is 0.478 e. The minimum absolute atomic E-state index is 0.0164. The van der Waals surface area contributed by atoms with Crippen LogP contribution in [0.4, 0.5) is 0 Å². The maximum atomic E-state index is 12.2. The van der Waals surface area contributed by atoms with Crippen LogP contribution < -0.4 is 0 Å². The number of ether oxygens (including phenoxy) is 1. The van der Waals surface area contributed by atoms with Gasteiger partial charge in [-0.15, -0.1) is 0 Å². The van der Waals surface area contributed by atoms with Crippen molar-refractivity contribution in [3.05, 3.63) is 28.8 Å². The van der Waals surface area contributed by atoms with E-state index in [-0.39, 0.29) is 27.3 Å². The molecule has 1 heterocycles. The van der Waals surface area contributed by atoms with Crippen LogP contribution in [-0.2, 0) is 14.6 Å². The molecule has 0 amide bonds. The zero-order chi connectivity index (χ0) is 14.8. The van der Waals surface area contributed by atoms with Crippen molar-refractivity contribution in [3.8, 4) is 0 Å². The number of halogens is 1. The third kappa shape index (κ3) is 3.50. The summed E-state index contributed by atoms with van der Waals surface area (Å²) in [5.74, 6) is -1.30. The molecule has 2 rings (SSSR count). The first-order valence-corrected chi connectivity index (χ1v) is 8.30. The van der Waals surface area contributed by atoms with Crippen LogP contribution in [0.5, 0.6) is 0 Å². The second kappa shape index (κ2) is 6.11. The Labute approximate surface area is 122 Å². The lowest BCUT2D eigenvalue weighted by molar-refractivity contribution is 0.0696. The molecule has 1 aliphatic heterocycles. The Morgan fingerprint density at radius 3 is 2.80 bits per heavy atom. The molecule has 1 aromatic carbocycles. The predicted molar refractivity (Wildman–Crippen MR) is 74.1 cm³/mol. The summed E-state index contributed by atoms with van der Waals surface area (Å²) in [6, 6.07) is 3.74. The van der Waals surface area contributed by atoms with Crippen LogP contribution in [0.25, 0.3) is 0 Å². The van der Waals surface area contributed by atoms with Gasteiger partial charge in [0.15, 0.2) is 9.84 Å². The van der Waals surface area contributed by atoms with Gasteiger partial charge < -0.3 is 9.84 Å². The summed E-state index contributed by atoms with van der Waals surface area (Å²) in [5.41, 5.74) is -0.204. The monoisotopic (exact) mass is 318 g/mol. The lowest BCUT2D eigenvalue weighted by Crippen LogP contribution is -2.15. The summed E-state index contributed by atoms with van der Waals surface area (Å²) in [4.78, 5) is 11.0. The van der Waals surface area contributed by atoms with Crippen molar-refractivity contribution in [2.24, 2.45) is 0 Å². The number of carboxylic acids is 1. The molecule has 0 aromatic heterocycles. The minimum atomic E-state index is -3.52. The van der Waals surface area contributed by atoms with Crippen molar-refractivity contribution < 1.29 is 23.1 Å². The van der Waals surface area contributed by atoms with Crippen LogP contribution in [0.2, 0.25) is 5.02 Å². The first-order valence-electron chi connectivity index (χ1n) is 6.27. The van der Waals surface area contributed by atoms with Crippen molar-refractivity contribution in [1.29, 1.82) is 0 Å². The van der Waals surface area contributed by atoms with Gasteiger partial charge in [-0.2, -0.15) is 0 Å². The van der Waals surface area contributed by atoms with Crippen LogP contribution in [0.1, 0.15) is 29.6 Å². The number of aromatic carboxylic acids is 1. The predicted octanol–water partition coefficient (Wildman–Crippen LogP) is 2.38. The fraction of sp³-hybridized carbons (Fsp3) is 0.462. The molecular formula is C13H15ClO5S. The summed E-state index contributed by atoms with van der Waals surface area (Å²) in [6.45, 7) is 0.675. The molecule has 0 spiro atoms. The summed E-state index contributed by atoms with van der Waals surface area (Å²) in [5, 5.41) is 8.98. The van der Waals surface area contributed by atoms with Gasteiger partial charge in [-0.05, 0) is 37.5 Å². The Hall–Kier alpha value is -1.11. The van der Waals surface area contributed by atoms with Crippen molar-refractivity contribution >= 4 is 27.4 Å². The molecule has 1 fully saturated rings. The lowest BCUT2D eigenvalue weighted by atomic mass is 10.2. The van der Waals surface area contributed by atoms with Gasteiger partial charge in [0.05, 0.1) is 27.3 Å². The molecule has 0 saturated carbocycles. The topological polar surface area (TPSA) is 80.7 Å². The average Bonchev–Trinajstić information content (AvgIpc) is 2.89. The van der Waals surface area contributed by atoms with E-state index in [2.05, 4.69) is 0 Å². The molecular weight excluding hydrogens is 304 g/mol. The van der Waals surface area contributed by atoms with E-state index >= 15 is 0 Å². The van der Waals surface area contributed by atoms with Crippen LogP contribution in [-0.4, -0.2) is 38.0 Å². The van der Waals surface area contributed by atoms with E-state index < -0.39 is 15.8 Å². The number of carbonyl (C=O) groups is 1. The number of carboxylic acid groups (broad SMARTS) is 1. The first kappa shape index (κ1) is 15.3. The average molecular weight is 319 g/mol. The van der Waals surface area contributed by atoms with Crippen molar-refractivity contribution in [2.45, 2.75) is 30.3 Å². The minimum Gasteiger partial charge on any atom is -0.478 e. The van der Waals surface area contributed by atoms with E-state index in [0.717, 1.165) is 18.9 Å². The molecule has 0 bridgehead atoms. The Morgan fingerprint density at radius 2 is 2.20 bits per heavy atom. The summed E-state index contributed by atoms with van der Waals surface area (Å²) >= 11 is 5.73. The van der Waals surface area contributed by atoms with Gasteiger partial charge in [-0.1, -0.05) is 11.6 Å². The van der Waals surface area contributed by atoms with Crippen molar-refractivity contribution in [1.82, 2.24) is 0 Å². The molecule has 5 nitrogen and oxygen atoms in total. The summed E-state index contributed by atoms with van der Waals surface area (Å²) < 4.78 is 29.8. The molecule has 0 radical (unpaired) electrons. The van der Waals surface area contributed by atoms with E-state index in [1.807, 2.05) is 0 Å². The van der Waals surface area contributed by atoms with Crippen LogP contribution in [0, 0.1) is 0 Å². The maximum absolute atomic E-state index is 12.2. The zero-order valence-corrected chi connectivity index (χ0v) is 12.3. The highest BCUT2D eigenvalue weighted by Gasteiger charge is 2.22. The van der Waals surface area contributed by atoms with Gasteiger partial charge in [-0.3, -0.25) is 0 Å². The first-order chi connectivity index (χ1) is 9.40. The second-order valence-electron chi connectivity index (χ2n) is 4.69. The van der Waals surface area contributed by atoms with Crippen molar-refractivity contribution in [2.75, 3.05) is 12.4 Å². The normalized spacial score (nSPS) is 19.1. The van der Waals surface area contributed by atoms with Crippen LogP contribution in [0.15, 0.2) is 23.1 Å². The Balaban J connectivity index is 2.16. The molecule has 110 valence electrons. The Bertz CT molecular complexity index is 605. The van der Waals surface area contributed by atoms with E-state index in [4.69, 9.17) is 21.4 Å². The van der Waals surface area contributed by atoms with Gasteiger partial charge >= 0.3 is 5.97 Å². The Morgan fingerprint density at radius 1 is 1.45 bits per heavy atom. The highest BCUT2D eigenvalue weighted by molar-refractivity contribution is 7.91. The molecule has 1 unspecified atom stereocenters. The third-order valence-electron chi connectivity index (χ3n) is 3.26. The smallest absolute Gasteiger partial charge is 0.337 e. The fourth-order valence-electron chi connectivity index (χ4n) is 2.14. The highest BCUT2D eigenvalue weighted by atomic mass is 35.5. The SMILES string of the molecule is O=C(O)c1cc(S(=O)(=O)CCC2CCCO2)ccc1Cl. The molecule has 20 heavy (non-hydrogen) atoms. The molecule has 1 N–H and O–H groups in total. The zero-order valence-electron chi connectivity index (χ0n) is 10.7. The third-order valence-corrected chi connectivity index (χ3v) is 5.33. The molecule has 1 aromatic rings. The number of rotatable bonds is 5. The van der Waals surface area contributed by atoms with Gasteiger partial charge in [0.1, 0.15) is 0 Å². The molecule has 1 saturated heterocycles. The van der Waals surface area contributed by atoms with Gasteiger partial charge in [-0.25, -0.2) is 13.2 Å².